The summed E-state index contributed by atoms with van der Waals surface area (Å²) in [4.78, 5) is 2.31. The van der Waals surface area contributed by atoms with Gasteiger partial charge in [-0.2, -0.15) is 0 Å². The number of para-hydroxylation sites is 1. The second kappa shape index (κ2) is 14.0. The molecule has 0 spiro atoms. The summed E-state index contributed by atoms with van der Waals surface area (Å²) in [5.41, 5.74) is 13.1. The van der Waals surface area contributed by atoms with Crippen LogP contribution in [0.25, 0.3) is 81.0 Å². The van der Waals surface area contributed by atoms with E-state index in [1.165, 1.54) is 48.0 Å². The third-order valence-electron chi connectivity index (χ3n) is 11.3. The van der Waals surface area contributed by atoms with Crippen molar-refractivity contribution < 1.29 is 4.39 Å². The fourth-order valence-corrected chi connectivity index (χ4v) is 9.93. The molecule has 11 aromatic rings. The third-order valence-corrected chi connectivity index (χ3v) is 12.5. The Hall–Kier alpha value is -7.27. The zero-order valence-corrected chi connectivity index (χ0v) is 32.2. The van der Waals surface area contributed by atoms with Gasteiger partial charge in [0, 0.05) is 53.7 Å². The molecule has 0 saturated carbocycles. The number of hydrogen-bond donors (Lipinski definition) is 0. The van der Waals surface area contributed by atoms with Crippen LogP contribution >= 0.6 is 11.3 Å². The predicted molar refractivity (Wildman–Crippen MR) is 245 cm³/mol. The minimum atomic E-state index is -0.254. The normalized spacial score (nSPS) is 11.5. The Morgan fingerprint density at radius 2 is 0.879 bits per heavy atom. The van der Waals surface area contributed by atoms with Gasteiger partial charge < -0.3 is 9.47 Å². The first kappa shape index (κ1) is 34.0. The number of rotatable bonds is 7. The Morgan fingerprint density at radius 1 is 0.362 bits per heavy atom. The van der Waals surface area contributed by atoms with Crippen LogP contribution in [0.15, 0.2) is 212 Å². The Balaban J connectivity index is 1.04. The van der Waals surface area contributed by atoms with Crippen LogP contribution in [0.1, 0.15) is 0 Å². The van der Waals surface area contributed by atoms with E-state index in [1.54, 1.807) is 12.1 Å². The average molecular weight is 763 g/mol. The first-order valence-electron chi connectivity index (χ1n) is 19.5. The summed E-state index contributed by atoms with van der Waals surface area (Å²) in [6.45, 7) is 0. The molecule has 2 heterocycles. The molecule has 2 nitrogen and oxygen atoms in total. The first-order valence-corrected chi connectivity index (χ1v) is 20.3. The highest BCUT2D eigenvalue weighted by atomic mass is 32.1. The standard InChI is InChI=1S/C54H35FN2S/c55-40-28-33-48-47-18-7-8-23-51(47)57(52(48)34-40)44-17-9-16-43(35-44)56(41-29-24-37(25-30-41)36-12-3-1-4-13-36)42-31-26-39(27-32-42)46-20-11-22-50-49-21-10-19-45(53(49)58-54(46)50)38-14-5-2-6-15-38/h1-35H. The van der Waals surface area contributed by atoms with Crippen LogP contribution in [0.5, 0.6) is 0 Å². The molecule has 0 aliphatic heterocycles. The van der Waals surface area contributed by atoms with E-state index in [4.69, 9.17) is 0 Å². The van der Waals surface area contributed by atoms with E-state index < -0.39 is 0 Å². The highest BCUT2D eigenvalue weighted by Crippen LogP contribution is 2.45. The number of anilines is 3. The molecule has 58 heavy (non-hydrogen) atoms. The summed E-state index contributed by atoms with van der Waals surface area (Å²) in [6.07, 6.45) is 0. The molecule has 0 atom stereocenters. The van der Waals surface area contributed by atoms with Crippen LogP contribution in [-0.4, -0.2) is 4.57 Å². The quantitative estimate of drug-likeness (QED) is 0.157. The molecule has 0 fully saturated rings. The molecular weight excluding hydrogens is 728 g/mol. The number of nitrogens with zero attached hydrogens (tertiary/aromatic N) is 2. The number of fused-ring (bicyclic) bond motifs is 6. The van der Waals surface area contributed by atoms with E-state index in [9.17, 15) is 4.39 Å². The zero-order valence-electron chi connectivity index (χ0n) is 31.4. The molecule has 9 aromatic carbocycles. The van der Waals surface area contributed by atoms with Gasteiger partial charge in [0.25, 0.3) is 0 Å². The van der Waals surface area contributed by atoms with Gasteiger partial charge in [-0.25, -0.2) is 4.39 Å². The van der Waals surface area contributed by atoms with Gasteiger partial charge in [-0.15, -0.1) is 11.3 Å². The van der Waals surface area contributed by atoms with Crippen molar-refractivity contribution >= 4 is 70.4 Å². The Morgan fingerprint density at radius 3 is 1.55 bits per heavy atom. The van der Waals surface area contributed by atoms with Crippen molar-refractivity contribution in [3.05, 3.63) is 218 Å². The molecule has 4 heteroatoms. The van der Waals surface area contributed by atoms with E-state index in [1.807, 2.05) is 35.6 Å². The second-order valence-corrected chi connectivity index (χ2v) is 15.7. The Kier molecular flexibility index (Phi) is 8.23. The van der Waals surface area contributed by atoms with Crippen molar-refractivity contribution in [2.24, 2.45) is 0 Å². The van der Waals surface area contributed by atoms with Crippen LogP contribution in [0.4, 0.5) is 21.5 Å². The van der Waals surface area contributed by atoms with Crippen LogP contribution in [0.2, 0.25) is 0 Å². The lowest BCUT2D eigenvalue weighted by Crippen LogP contribution is -2.10. The lowest BCUT2D eigenvalue weighted by Gasteiger charge is -2.26. The van der Waals surface area contributed by atoms with Gasteiger partial charge in [0.2, 0.25) is 0 Å². The highest BCUT2D eigenvalue weighted by Gasteiger charge is 2.19. The minimum Gasteiger partial charge on any atom is -0.310 e. The van der Waals surface area contributed by atoms with Crippen molar-refractivity contribution in [2.75, 3.05) is 4.90 Å². The molecule has 0 saturated heterocycles. The monoisotopic (exact) mass is 762 g/mol. The maximum atomic E-state index is 14.8. The van der Waals surface area contributed by atoms with Gasteiger partial charge in [-0.3, -0.25) is 0 Å². The van der Waals surface area contributed by atoms with Gasteiger partial charge in [0.1, 0.15) is 5.82 Å². The van der Waals surface area contributed by atoms with Crippen molar-refractivity contribution in [3.63, 3.8) is 0 Å². The van der Waals surface area contributed by atoms with E-state index in [0.29, 0.717) is 0 Å². The zero-order chi connectivity index (χ0) is 38.6. The minimum absolute atomic E-state index is 0.254. The number of aromatic nitrogens is 1. The summed E-state index contributed by atoms with van der Waals surface area (Å²) in [6, 6.07) is 74.1. The average Bonchev–Trinajstić information content (AvgIpc) is 3.83. The lowest BCUT2D eigenvalue weighted by molar-refractivity contribution is 0.629. The van der Waals surface area contributed by atoms with E-state index in [-0.39, 0.29) is 5.82 Å². The van der Waals surface area contributed by atoms with Gasteiger partial charge in [-0.1, -0.05) is 146 Å². The lowest BCUT2D eigenvalue weighted by atomic mass is 10.00. The van der Waals surface area contributed by atoms with Crippen molar-refractivity contribution in [2.45, 2.75) is 0 Å². The van der Waals surface area contributed by atoms with Gasteiger partial charge >= 0.3 is 0 Å². The maximum absolute atomic E-state index is 14.8. The topological polar surface area (TPSA) is 8.17 Å². The Labute approximate surface area is 339 Å². The van der Waals surface area contributed by atoms with Crippen molar-refractivity contribution in [1.82, 2.24) is 4.57 Å². The summed E-state index contributed by atoms with van der Waals surface area (Å²) in [5, 5.41) is 4.69. The predicted octanol–water partition coefficient (Wildman–Crippen LogP) is 15.8. The van der Waals surface area contributed by atoms with E-state index in [2.05, 4.69) is 185 Å². The molecular formula is C54H35FN2S. The highest BCUT2D eigenvalue weighted by molar-refractivity contribution is 7.26. The molecule has 0 unspecified atom stereocenters. The van der Waals surface area contributed by atoms with Crippen molar-refractivity contribution in [3.8, 4) is 39.1 Å². The number of halogens is 1. The summed E-state index contributed by atoms with van der Waals surface area (Å²) < 4.78 is 19.6. The molecule has 11 rings (SSSR count). The second-order valence-electron chi connectivity index (χ2n) is 14.7. The molecule has 0 amide bonds. The molecule has 0 aliphatic rings. The molecule has 0 radical (unpaired) electrons. The SMILES string of the molecule is Fc1ccc2c3ccccc3n(-c3cccc(N(c4ccc(-c5ccccc5)cc4)c4ccc(-c5cccc6c5sc5c(-c7ccccc7)cccc56)cc4)c3)c2c1. The summed E-state index contributed by atoms with van der Waals surface area (Å²) >= 11 is 1.87. The summed E-state index contributed by atoms with van der Waals surface area (Å²) in [7, 11) is 0. The maximum Gasteiger partial charge on any atom is 0.125 e. The van der Waals surface area contributed by atoms with Gasteiger partial charge in [0.05, 0.1) is 11.0 Å². The van der Waals surface area contributed by atoms with Gasteiger partial charge in [0.15, 0.2) is 0 Å². The molecule has 0 aliphatic carbocycles. The number of hydrogen-bond acceptors (Lipinski definition) is 2. The fraction of sp³-hybridized carbons (Fsp3) is 0. The third kappa shape index (κ3) is 5.77. The first-order chi connectivity index (χ1) is 28.7. The van der Waals surface area contributed by atoms with Crippen molar-refractivity contribution in [1.29, 1.82) is 0 Å². The fourth-order valence-electron chi connectivity index (χ4n) is 8.56. The summed E-state index contributed by atoms with van der Waals surface area (Å²) in [5.74, 6) is -0.254. The largest absolute Gasteiger partial charge is 0.310 e. The smallest absolute Gasteiger partial charge is 0.125 e. The number of thiophene rings is 1. The van der Waals surface area contributed by atoms with Gasteiger partial charge in [-0.05, 0) is 100 Å². The van der Waals surface area contributed by atoms with Crippen LogP contribution in [-0.2, 0) is 0 Å². The van der Waals surface area contributed by atoms with E-state index in [0.717, 1.165) is 50.1 Å². The molecule has 2 aromatic heterocycles. The molecule has 0 N–H and O–H groups in total. The van der Waals surface area contributed by atoms with Crippen LogP contribution in [0, 0.1) is 5.82 Å². The molecule has 0 bridgehead atoms. The molecule has 274 valence electrons. The van der Waals surface area contributed by atoms with Crippen LogP contribution < -0.4 is 4.90 Å². The Bertz CT molecular complexity index is 3270. The number of benzene rings is 9. The van der Waals surface area contributed by atoms with E-state index >= 15 is 0 Å². The van der Waals surface area contributed by atoms with Crippen LogP contribution in [0.3, 0.4) is 0 Å².